The van der Waals surface area contributed by atoms with Crippen molar-refractivity contribution in [3.8, 4) is 0 Å². The van der Waals surface area contributed by atoms with Gasteiger partial charge in [0.25, 0.3) is 0 Å². The van der Waals surface area contributed by atoms with Crippen LogP contribution in [0.2, 0.25) is 0 Å². The van der Waals surface area contributed by atoms with Gasteiger partial charge in [-0.05, 0) is 12.1 Å². The maximum Gasteiger partial charge on any atom is 0.228 e. The fourth-order valence-electron chi connectivity index (χ4n) is 1.23. The molecule has 0 aliphatic heterocycles. The predicted octanol–water partition coefficient (Wildman–Crippen LogP) is 2.50. The van der Waals surface area contributed by atoms with Crippen molar-refractivity contribution < 1.29 is 4.79 Å². The molecule has 16 heavy (non-hydrogen) atoms. The third kappa shape index (κ3) is 2.15. The molecule has 6 heteroatoms. The molecular formula is C10H10ClN3OS. The Balaban J connectivity index is 2.27. The van der Waals surface area contributed by atoms with Crippen molar-refractivity contribution in [2.24, 2.45) is 5.92 Å². The average Bonchev–Trinajstić information content (AvgIpc) is 2.77. The van der Waals surface area contributed by atoms with E-state index in [0.717, 1.165) is 22.8 Å². The SMILES string of the molecule is CC(CCl)C(=O)Nc1cccc2nsnc12. The molecule has 0 saturated carbocycles. The molecule has 0 fully saturated rings. The molecule has 0 aliphatic rings. The van der Waals surface area contributed by atoms with E-state index in [1.54, 1.807) is 6.92 Å². The lowest BCUT2D eigenvalue weighted by atomic mass is 10.2. The van der Waals surface area contributed by atoms with Gasteiger partial charge in [-0.2, -0.15) is 8.75 Å². The molecule has 1 heterocycles. The number of amides is 1. The van der Waals surface area contributed by atoms with Gasteiger partial charge >= 0.3 is 0 Å². The number of rotatable bonds is 3. The van der Waals surface area contributed by atoms with Crippen molar-refractivity contribution in [3.63, 3.8) is 0 Å². The van der Waals surface area contributed by atoms with Crippen LogP contribution in [0.15, 0.2) is 18.2 Å². The van der Waals surface area contributed by atoms with Gasteiger partial charge in [0, 0.05) is 11.8 Å². The van der Waals surface area contributed by atoms with Gasteiger partial charge in [0.1, 0.15) is 11.0 Å². The van der Waals surface area contributed by atoms with Crippen molar-refractivity contribution in [2.75, 3.05) is 11.2 Å². The first-order valence-electron chi connectivity index (χ1n) is 4.80. The van der Waals surface area contributed by atoms with Crippen LogP contribution in [-0.4, -0.2) is 20.5 Å². The molecular weight excluding hydrogens is 246 g/mol. The fourth-order valence-corrected chi connectivity index (χ4v) is 1.92. The summed E-state index contributed by atoms with van der Waals surface area (Å²) in [6, 6.07) is 5.51. The monoisotopic (exact) mass is 255 g/mol. The highest BCUT2D eigenvalue weighted by Crippen LogP contribution is 2.21. The zero-order chi connectivity index (χ0) is 11.5. The molecule has 0 spiro atoms. The highest BCUT2D eigenvalue weighted by Gasteiger charge is 2.13. The van der Waals surface area contributed by atoms with E-state index in [1.807, 2.05) is 18.2 Å². The first-order chi connectivity index (χ1) is 7.72. The summed E-state index contributed by atoms with van der Waals surface area (Å²) in [6.45, 7) is 1.78. The number of benzene rings is 1. The van der Waals surface area contributed by atoms with Crippen molar-refractivity contribution in [3.05, 3.63) is 18.2 Å². The maximum atomic E-state index is 11.7. The number of carbonyl (C=O) groups excluding carboxylic acids is 1. The van der Waals surface area contributed by atoms with Gasteiger partial charge in [0.05, 0.1) is 17.4 Å². The minimum absolute atomic E-state index is 0.101. The van der Waals surface area contributed by atoms with Gasteiger partial charge in [0.2, 0.25) is 5.91 Å². The molecule has 0 bridgehead atoms. The van der Waals surface area contributed by atoms with E-state index < -0.39 is 0 Å². The largest absolute Gasteiger partial charge is 0.324 e. The van der Waals surface area contributed by atoms with Crippen LogP contribution >= 0.6 is 23.3 Å². The Morgan fingerprint density at radius 1 is 1.56 bits per heavy atom. The van der Waals surface area contributed by atoms with Crippen LogP contribution in [0.5, 0.6) is 0 Å². The van der Waals surface area contributed by atoms with E-state index in [2.05, 4.69) is 14.1 Å². The number of aromatic nitrogens is 2. The molecule has 0 saturated heterocycles. The normalized spacial score (nSPS) is 12.6. The molecule has 1 aromatic carbocycles. The molecule has 4 nitrogen and oxygen atoms in total. The molecule has 0 aliphatic carbocycles. The summed E-state index contributed by atoms with van der Waals surface area (Å²) in [7, 11) is 0. The Kier molecular flexibility index (Phi) is 3.36. The van der Waals surface area contributed by atoms with Crippen LogP contribution in [0.1, 0.15) is 6.92 Å². The molecule has 1 unspecified atom stereocenters. The minimum Gasteiger partial charge on any atom is -0.324 e. The van der Waals surface area contributed by atoms with Crippen LogP contribution in [0, 0.1) is 5.92 Å². The second-order valence-electron chi connectivity index (χ2n) is 3.48. The van der Waals surface area contributed by atoms with Crippen molar-refractivity contribution in [1.82, 2.24) is 8.75 Å². The number of hydrogen-bond acceptors (Lipinski definition) is 4. The molecule has 2 aromatic rings. The third-order valence-electron chi connectivity index (χ3n) is 2.22. The number of nitrogens with one attached hydrogen (secondary N) is 1. The number of halogens is 1. The third-order valence-corrected chi connectivity index (χ3v) is 3.23. The second kappa shape index (κ2) is 4.76. The Hall–Kier alpha value is -1.20. The predicted molar refractivity (Wildman–Crippen MR) is 65.9 cm³/mol. The summed E-state index contributed by atoms with van der Waals surface area (Å²) in [5.41, 5.74) is 2.21. The fraction of sp³-hybridized carbons (Fsp3) is 0.300. The molecule has 1 aromatic heterocycles. The zero-order valence-electron chi connectivity index (χ0n) is 8.61. The second-order valence-corrected chi connectivity index (χ2v) is 4.32. The van der Waals surface area contributed by atoms with Crippen molar-refractivity contribution in [2.45, 2.75) is 6.92 Å². The van der Waals surface area contributed by atoms with E-state index in [0.29, 0.717) is 11.6 Å². The molecule has 0 radical (unpaired) electrons. The van der Waals surface area contributed by atoms with Crippen LogP contribution in [0.25, 0.3) is 11.0 Å². The Morgan fingerprint density at radius 2 is 2.38 bits per heavy atom. The van der Waals surface area contributed by atoms with Crippen molar-refractivity contribution in [1.29, 1.82) is 0 Å². The molecule has 1 amide bonds. The smallest absolute Gasteiger partial charge is 0.228 e. The van der Waals surface area contributed by atoms with Crippen LogP contribution in [0.4, 0.5) is 5.69 Å². The number of hydrogen-bond donors (Lipinski definition) is 1. The Morgan fingerprint density at radius 3 is 3.12 bits per heavy atom. The first kappa shape index (κ1) is 11.3. The number of anilines is 1. The van der Waals surface area contributed by atoms with E-state index in [9.17, 15) is 4.79 Å². The Labute approximate surface area is 102 Å². The molecule has 1 atom stereocenters. The standard InChI is InChI=1S/C10H10ClN3OS/c1-6(5-11)10(15)12-7-3-2-4-8-9(7)14-16-13-8/h2-4,6H,5H2,1H3,(H,12,15). The number of carbonyl (C=O) groups is 1. The van der Waals surface area contributed by atoms with E-state index >= 15 is 0 Å². The lowest BCUT2D eigenvalue weighted by Crippen LogP contribution is -2.21. The summed E-state index contributed by atoms with van der Waals surface area (Å²) in [4.78, 5) is 11.7. The number of alkyl halides is 1. The maximum absolute atomic E-state index is 11.7. The van der Waals surface area contributed by atoms with Crippen LogP contribution in [-0.2, 0) is 4.79 Å². The lowest BCUT2D eigenvalue weighted by molar-refractivity contribution is -0.118. The van der Waals surface area contributed by atoms with E-state index in [1.165, 1.54) is 0 Å². The van der Waals surface area contributed by atoms with Gasteiger partial charge < -0.3 is 5.32 Å². The van der Waals surface area contributed by atoms with E-state index in [-0.39, 0.29) is 11.8 Å². The average molecular weight is 256 g/mol. The van der Waals surface area contributed by atoms with Crippen LogP contribution < -0.4 is 5.32 Å². The van der Waals surface area contributed by atoms with Gasteiger partial charge in [-0.25, -0.2) is 0 Å². The summed E-state index contributed by atoms with van der Waals surface area (Å²) >= 11 is 6.75. The molecule has 84 valence electrons. The van der Waals surface area contributed by atoms with Gasteiger partial charge in [-0.15, -0.1) is 11.6 Å². The molecule has 1 N–H and O–H groups in total. The Bertz CT molecular complexity index is 513. The van der Waals surface area contributed by atoms with Gasteiger partial charge in [-0.3, -0.25) is 4.79 Å². The highest BCUT2D eigenvalue weighted by molar-refractivity contribution is 7.00. The lowest BCUT2D eigenvalue weighted by Gasteiger charge is -2.09. The van der Waals surface area contributed by atoms with E-state index in [4.69, 9.17) is 11.6 Å². The quantitative estimate of drug-likeness (QED) is 0.858. The summed E-state index contributed by atoms with van der Waals surface area (Å²) in [5, 5.41) is 2.80. The number of fused-ring (bicyclic) bond motifs is 1. The highest BCUT2D eigenvalue weighted by atomic mass is 35.5. The zero-order valence-corrected chi connectivity index (χ0v) is 10.2. The summed E-state index contributed by atoms with van der Waals surface area (Å²) in [5.74, 6) is -0.0177. The van der Waals surface area contributed by atoms with Crippen LogP contribution in [0.3, 0.4) is 0 Å². The summed E-state index contributed by atoms with van der Waals surface area (Å²) in [6.07, 6.45) is 0. The summed E-state index contributed by atoms with van der Waals surface area (Å²) < 4.78 is 8.24. The van der Waals surface area contributed by atoms with Gasteiger partial charge in [-0.1, -0.05) is 13.0 Å². The van der Waals surface area contributed by atoms with Crippen molar-refractivity contribution >= 4 is 46.0 Å². The minimum atomic E-state index is -0.219. The van der Waals surface area contributed by atoms with Gasteiger partial charge in [0.15, 0.2) is 0 Å². The number of nitrogens with zero attached hydrogens (tertiary/aromatic N) is 2. The molecule has 2 rings (SSSR count). The first-order valence-corrected chi connectivity index (χ1v) is 6.07. The topological polar surface area (TPSA) is 54.9 Å².